The number of furan rings is 1. The number of hydrogen-bond donors (Lipinski definition) is 0. The van der Waals surface area contributed by atoms with Gasteiger partial charge in [0.05, 0.1) is 5.69 Å². The van der Waals surface area contributed by atoms with Gasteiger partial charge in [-0.1, -0.05) is 76.2 Å². The van der Waals surface area contributed by atoms with E-state index in [1.54, 1.807) is 0 Å². The van der Waals surface area contributed by atoms with Gasteiger partial charge >= 0.3 is 0 Å². The fraction of sp³-hybridized carbons (Fsp3) is 0.258. The molecule has 1 aliphatic rings. The van der Waals surface area contributed by atoms with E-state index in [1.165, 1.54) is 44.3 Å². The van der Waals surface area contributed by atoms with E-state index in [2.05, 4.69) is 96.1 Å². The lowest BCUT2D eigenvalue weighted by molar-refractivity contribution is 0.653. The molecule has 2 heterocycles. The predicted octanol–water partition coefficient (Wildman–Crippen LogP) is 8.69. The topological polar surface area (TPSA) is 26.0 Å². The fourth-order valence-electron chi connectivity index (χ4n) is 5.81. The normalized spacial score (nSPS) is 14.3. The van der Waals surface area contributed by atoms with Gasteiger partial charge in [-0.25, -0.2) is 0 Å². The van der Waals surface area contributed by atoms with Gasteiger partial charge < -0.3 is 4.42 Å². The summed E-state index contributed by atoms with van der Waals surface area (Å²) >= 11 is 0. The molecule has 5 aromatic rings. The molecule has 0 aliphatic heterocycles. The minimum atomic E-state index is -0.0385. The van der Waals surface area contributed by atoms with Crippen molar-refractivity contribution >= 4 is 21.9 Å². The van der Waals surface area contributed by atoms with Gasteiger partial charge in [-0.2, -0.15) is 0 Å². The third-order valence-electron chi connectivity index (χ3n) is 7.59. The van der Waals surface area contributed by atoms with Crippen LogP contribution in [-0.2, 0) is 5.41 Å². The maximum absolute atomic E-state index is 6.79. The van der Waals surface area contributed by atoms with Crippen molar-refractivity contribution in [3.63, 3.8) is 0 Å². The van der Waals surface area contributed by atoms with Gasteiger partial charge in [0.1, 0.15) is 11.2 Å². The molecule has 33 heavy (non-hydrogen) atoms. The summed E-state index contributed by atoms with van der Waals surface area (Å²) < 4.78 is 6.79. The number of pyridine rings is 1. The molecule has 1 aliphatic carbocycles. The largest absolute Gasteiger partial charge is 0.455 e. The number of benzene rings is 3. The molecular formula is C31H29NO. The number of fused-ring (bicyclic) bond motifs is 7. The molecule has 0 saturated heterocycles. The highest BCUT2D eigenvalue weighted by molar-refractivity contribution is 6.14. The van der Waals surface area contributed by atoms with Gasteiger partial charge in [0, 0.05) is 33.5 Å². The fourth-order valence-corrected chi connectivity index (χ4v) is 5.81. The Kier molecular flexibility index (Phi) is 4.17. The molecule has 2 aromatic heterocycles. The predicted molar refractivity (Wildman–Crippen MR) is 138 cm³/mol. The maximum Gasteiger partial charge on any atom is 0.145 e. The molecule has 0 spiro atoms. The van der Waals surface area contributed by atoms with Crippen LogP contribution in [0.4, 0.5) is 0 Å². The van der Waals surface area contributed by atoms with Gasteiger partial charge in [-0.05, 0) is 59.2 Å². The van der Waals surface area contributed by atoms with E-state index < -0.39 is 0 Å². The molecule has 0 amide bonds. The number of aromatic nitrogens is 1. The van der Waals surface area contributed by atoms with E-state index in [0.717, 1.165) is 27.8 Å². The van der Waals surface area contributed by atoms with Crippen LogP contribution in [0, 0.1) is 13.8 Å². The molecule has 0 radical (unpaired) electrons. The summed E-state index contributed by atoms with van der Waals surface area (Å²) in [5.74, 6) is 0.459. The van der Waals surface area contributed by atoms with Crippen molar-refractivity contribution in [3.8, 4) is 22.4 Å². The standard InChI is InChI=1S/C31H29NO/c1-17(2)23-16-32-26(15-19(23)4)27-18(3)11-12-20-21-13-14-25-28(30(21)33-29(20)27)22-9-7-8-10-24(22)31(25,5)6/h7-17H,1-6H3. The Morgan fingerprint density at radius 3 is 2.21 bits per heavy atom. The third-order valence-corrected chi connectivity index (χ3v) is 7.59. The van der Waals surface area contributed by atoms with E-state index >= 15 is 0 Å². The summed E-state index contributed by atoms with van der Waals surface area (Å²) in [5.41, 5.74) is 13.0. The van der Waals surface area contributed by atoms with Crippen molar-refractivity contribution in [2.45, 2.75) is 52.9 Å². The van der Waals surface area contributed by atoms with Crippen LogP contribution in [0.1, 0.15) is 61.4 Å². The summed E-state index contributed by atoms with van der Waals surface area (Å²) in [6.45, 7) is 13.4. The van der Waals surface area contributed by atoms with E-state index in [1.807, 2.05) is 6.20 Å². The minimum absolute atomic E-state index is 0.0385. The average Bonchev–Trinajstić information content (AvgIpc) is 3.26. The third kappa shape index (κ3) is 2.70. The lowest BCUT2D eigenvalue weighted by atomic mass is 9.82. The summed E-state index contributed by atoms with van der Waals surface area (Å²) in [7, 11) is 0. The summed E-state index contributed by atoms with van der Waals surface area (Å²) in [6, 6.07) is 19.9. The molecule has 0 unspecified atom stereocenters. The van der Waals surface area contributed by atoms with Crippen LogP contribution in [0.25, 0.3) is 44.3 Å². The summed E-state index contributed by atoms with van der Waals surface area (Å²) in [5, 5.41) is 2.33. The molecule has 2 nitrogen and oxygen atoms in total. The Hall–Kier alpha value is -3.39. The molecule has 0 saturated carbocycles. The van der Waals surface area contributed by atoms with Gasteiger partial charge in [0.25, 0.3) is 0 Å². The van der Waals surface area contributed by atoms with Gasteiger partial charge in [-0.3, -0.25) is 4.98 Å². The van der Waals surface area contributed by atoms with Crippen LogP contribution in [0.15, 0.2) is 65.2 Å². The second-order valence-electron chi connectivity index (χ2n) is 10.4. The lowest BCUT2D eigenvalue weighted by Gasteiger charge is -2.21. The molecular weight excluding hydrogens is 402 g/mol. The van der Waals surface area contributed by atoms with Crippen molar-refractivity contribution in [2.24, 2.45) is 0 Å². The minimum Gasteiger partial charge on any atom is -0.455 e. The molecule has 164 valence electrons. The smallest absolute Gasteiger partial charge is 0.145 e. The zero-order chi connectivity index (χ0) is 23.1. The SMILES string of the molecule is Cc1cc(-c2c(C)ccc3c2oc2c4c(ccc23)C(C)(C)c2ccccc2-4)ncc1C(C)C. The molecule has 3 aromatic carbocycles. The molecule has 6 rings (SSSR count). The average molecular weight is 432 g/mol. The Labute approximate surface area is 195 Å². The van der Waals surface area contributed by atoms with Crippen molar-refractivity contribution < 1.29 is 4.42 Å². The van der Waals surface area contributed by atoms with Crippen LogP contribution < -0.4 is 0 Å². The Morgan fingerprint density at radius 1 is 0.788 bits per heavy atom. The van der Waals surface area contributed by atoms with Crippen LogP contribution in [0.5, 0.6) is 0 Å². The lowest BCUT2D eigenvalue weighted by Crippen LogP contribution is -2.14. The first-order chi connectivity index (χ1) is 15.8. The highest BCUT2D eigenvalue weighted by Gasteiger charge is 2.37. The zero-order valence-corrected chi connectivity index (χ0v) is 20.2. The van der Waals surface area contributed by atoms with E-state index in [-0.39, 0.29) is 5.41 Å². The zero-order valence-electron chi connectivity index (χ0n) is 20.2. The Morgan fingerprint density at radius 2 is 1.48 bits per heavy atom. The Balaban J connectivity index is 1.68. The monoisotopic (exact) mass is 431 g/mol. The molecule has 0 N–H and O–H groups in total. The number of hydrogen-bond acceptors (Lipinski definition) is 2. The second kappa shape index (κ2) is 6.81. The van der Waals surface area contributed by atoms with Gasteiger partial charge in [0.2, 0.25) is 0 Å². The van der Waals surface area contributed by atoms with E-state index in [9.17, 15) is 0 Å². The van der Waals surface area contributed by atoms with Crippen LogP contribution in [0.2, 0.25) is 0 Å². The van der Waals surface area contributed by atoms with E-state index in [0.29, 0.717) is 5.92 Å². The second-order valence-corrected chi connectivity index (χ2v) is 10.4. The quantitative estimate of drug-likeness (QED) is 0.279. The number of aryl methyl sites for hydroxylation is 2. The first kappa shape index (κ1) is 20.2. The molecule has 0 bridgehead atoms. The van der Waals surface area contributed by atoms with Crippen molar-refractivity contribution in [2.75, 3.05) is 0 Å². The highest BCUT2D eigenvalue weighted by Crippen LogP contribution is 2.53. The van der Waals surface area contributed by atoms with Crippen molar-refractivity contribution in [1.82, 2.24) is 4.98 Å². The number of nitrogens with zero attached hydrogens (tertiary/aromatic N) is 1. The van der Waals surface area contributed by atoms with Crippen LogP contribution in [-0.4, -0.2) is 4.98 Å². The van der Waals surface area contributed by atoms with Crippen LogP contribution >= 0.6 is 0 Å². The number of rotatable bonds is 2. The highest BCUT2D eigenvalue weighted by atomic mass is 16.3. The molecule has 0 atom stereocenters. The molecule has 2 heteroatoms. The first-order valence-electron chi connectivity index (χ1n) is 11.8. The van der Waals surface area contributed by atoms with E-state index in [4.69, 9.17) is 9.40 Å². The summed E-state index contributed by atoms with van der Waals surface area (Å²) in [6.07, 6.45) is 2.03. The Bertz CT molecular complexity index is 1580. The van der Waals surface area contributed by atoms with Crippen LogP contribution in [0.3, 0.4) is 0 Å². The summed E-state index contributed by atoms with van der Waals surface area (Å²) in [4.78, 5) is 4.88. The van der Waals surface area contributed by atoms with Gasteiger partial charge in [-0.15, -0.1) is 0 Å². The van der Waals surface area contributed by atoms with Crippen molar-refractivity contribution in [1.29, 1.82) is 0 Å². The van der Waals surface area contributed by atoms with Crippen molar-refractivity contribution in [3.05, 3.63) is 88.6 Å². The van der Waals surface area contributed by atoms with Gasteiger partial charge in [0.15, 0.2) is 0 Å². The molecule has 0 fully saturated rings. The first-order valence-corrected chi connectivity index (χ1v) is 11.8. The maximum atomic E-state index is 6.79.